The molecule has 0 N–H and O–H groups in total. The van der Waals surface area contributed by atoms with Gasteiger partial charge in [0.05, 0.1) is 68.4 Å². The van der Waals surface area contributed by atoms with Crippen LogP contribution in [0.4, 0.5) is 22.7 Å². The Labute approximate surface area is 508 Å². The molecule has 0 aliphatic rings. The zero-order valence-electron chi connectivity index (χ0n) is 50.5. The zero-order chi connectivity index (χ0) is 57.9. The Morgan fingerprint density at radius 2 is 0.537 bits per heavy atom. The van der Waals surface area contributed by atoms with E-state index in [-0.39, 0.29) is 33.6 Å². The van der Waals surface area contributed by atoms with E-state index in [0.717, 1.165) is 79.1 Å². The molecule has 8 nitrogen and oxygen atoms in total. The van der Waals surface area contributed by atoms with Crippen LogP contribution in [0.15, 0.2) is 178 Å². The molecule has 0 saturated carbocycles. The monoisotopic (exact) mass is 1180 g/mol. The van der Waals surface area contributed by atoms with Crippen molar-refractivity contribution in [2.75, 3.05) is 0 Å². The Morgan fingerprint density at radius 1 is 0.317 bits per heavy atom. The van der Waals surface area contributed by atoms with Gasteiger partial charge in [-0.25, -0.2) is 9.97 Å². The van der Waals surface area contributed by atoms with E-state index in [1.807, 2.05) is 88.4 Å². The molecule has 0 aliphatic heterocycles. The minimum atomic E-state index is -0.408. The van der Waals surface area contributed by atoms with Crippen molar-refractivity contribution in [3.05, 3.63) is 225 Å². The van der Waals surface area contributed by atoms with E-state index in [9.17, 15) is 10.2 Å². The number of nitrogens with zero attached hydrogens (tertiary/aromatic N) is 6. The first-order valence-corrected chi connectivity index (χ1v) is 28.0. The van der Waals surface area contributed by atoms with Crippen molar-refractivity contribution in [1.82, 2.24) is 9.97 Å². The smallest absolute Gasteiger partial charge is 0.0849 e. The molecular formula is C72H78Co2N6O2-2. The molecule has 2 heterocycles. The molecule has 0 spiro atoms. The van der Waals surface area contributed by atoms with Gasteiger partial charge in [-0.05, 0) is 171 Å². The largest absolute Gasteiger partial charge is 0.872 e. The first-order chi connectivity index (χ1) is 38.1. The van der Waals surface area contributed by atoms with Crippen LogP contribution in [0.3, 0.4) is 0 Å². The van der Waals surface area contributed by atoms with Crippen LogP contribution in [0, 0.1) is 27.7 Å². The Balaban J connectivity index is 0.000000234. The number of rotatable bonds is 12. The second kappa shape index (κ2) is 29.6. The molecule has 0 atom stereocenters. The number of hydrogen-bond acceptors (Lipinski definition) is 8. The molecule has 0 aliphatic carbocycles. The van der Waals surface area contributed by atoms with Gasteiger partial charge in [0.1, 0.15) is 0 Å². The van der Waals surface area contributed by atoms with E-state index in [1.165, 1.54) is 44.5 Å². The van der Waals surface area contributed by atoms with Gasteiger partial charge in [-0.2, -0.15) is 0 Å². The first-order valence-electron chi connectivity index (χ1n) is 28.0. The van der Waals surface area contributed by atoms with Crippen LogP contribution in [0.1, 0.15) is 174 Å². The number of aliphatic imine (C=N–C) groups is 4. The Bertz CT molecular complexity index is 3390. The van der Waals surface area contributed by atoms with E-state index in [4.69, 9.17) is 29.9 Å². The van der Waals surface area contributed by atoms with Crippen molar-refractivity contribution < 1.29 is 43.8 Å². The van der Waals surface area contributed by atoms with Gasteiger partial charge in [-0.1, -0.05) is 187 Å². The summed E-state index contributed by atoms with van der Waals surface area (Å²) >= 11 is 0. The Morgan fingerprint density at radius 3 is 0.756 bits per heavy atom. The van der Waals surface area contributed by atoms with Crippen molar-refractivity contribution in [2.24, 2.45) is 20.0 Å². The second-order valence-electron chi connectivity index (χ2n) is 22.2. The van der Waals surface area contributed by atoms with Gasteiger partial charge < -0.3 is 10.2 Å². The topological polar surface area (TPSA) is 121 Å². The summed E-state index contributed by atoms with van der Waals surface area (Å²) < 4.78 is 0. The van der Waals surface area contributed by atoms with Crippen molar-refractivity contribution in [3.8, 4) is 11.5 Å². The Kier molecular flexibility index (Phi) is 23.6. The van der Waals surface area contributed by atoms with E-state index in [0.29, 0.717) is 34.4 Å². The average molecular weight is 1180 g/mol. The molecule has 7 aromatic carbocycles. The summed E-state index contributed by atoms with van der Waals surface area (Å²) in [7, 11) is 0. The van der Waals surface area contributed by atoms with Gasteiger partial charge in [0.2, 0.25) is 0 Å². The molecule has 0 bridgehead atoms. The van der Waals surface area contributed by atoms with Gasteiger partial charge in [-0.3, -0.25) is 20.0 Å². The third-order valence-corrected chi connectivity index (χ3v) is 14.2. The van der Waals surface area contributed by atoms with E-state index in [1.54, 1.807) is 24.3 Å². The molecule has 9 aromatic rings. The van der Waals surface area contributed by atoms with Crippen LogP contribution in [0.5, 0.6) is 11.5 Å². The summed E-state index contributed by atoms with van der Waals surface area (Å²) in [6, 6.07) is 52.4. The van der Waals surface area contributed by atoms with Crippen LogP contribution >= 0.6 is 0 Å². The van der Waals surface area contributed by atoms with Gasteiger partial charge in [0.15, 0.2) is 0 Å². The van der Waals surface area contributed by atoms with E-state index >= 15 is 0 Å². The van der Waals surface area contributed by atoms with Gasteiger partial charge in [-0.15, -0.1) is 11.5 Å². The molecule has 0 unspecified atom stereocenters. The summed E-state index contributed by atoms with van der Waals surface area (Å²) in [6.07, 6.45) is 0. The summed E-state index contributed by atoms with van der Waals surface area (Å²) in [5, 5.41) is 26.4. The SMILES string of the molecule is CC(=Nc1ccc(C)cc1C(C)C)c1cccc(C(C)=Nc2ccc(C)cc2C(C)C)n1.CC(=Nc1ccc(C)cc1C(C)C)c1cccc(C(C)=Nc2ccc(C)cc2C(C)C)n1.[Co].[Co].[O-]c1c([O-])c2ccccc2c2ccccc12. The number of hydrogen-bond donors (Lipinski definition) is 0. The first kappa shape index (κ1) is 65.5. The summed E-state index contributed by atoms with van der Waals surface area (Å²) in [4.78, 5) is 29.5. The fourth-order valence-corrected chi connectivity index (χ4v) is 9.66. The normalized spacial score (nSPS) is 12.0. The molecule has 2 radical (unpaired) electrons. The summed E-state index contributed by atoms with van der Waals surface area (Å²) in [6.45, 7) is 34.3. The molecule has 82 heavy (non-hydrogen) atoms. The molecule has 0 saturated heterocycles. The third kappa shape index (κ3) is 16.4. The van der Waals surface area contributed by atoms with Crippen molar-refractivity contribution >= 4 is 67.1 Å². The maximum Gasteiger partial charge on any atom is 0.0849 e. The molecular weight excluding hydrogens is 1100 g/mol. The van der Waals surface area contributed by atoms with Crippen LogP contribution < -0.4 is 10.2 Å². The second-order valence-corrected chi connectivity index (χ2v) is 22.2. The molecule has 10 heteroatoms. The summed E-state index contributed by atoms with van der Waals surface area (Å²) in [5.74, 6) is 0.850. The fraction of sp³-hybridized carbons (Fsp3) is 0.278. The number of benzene rings is 7. The Hall–Kier alpha value is -7.35. The van der Waals surface area contributed by atoms with Crippen molar-refractivity contribution in [3.63, 3.8) is 0 Å². The molecule has 0 fully saturated rings. The van der Waals surface area contributed by atoms with E-state index < -0.39 is 11.5 Å². The average Bonchev–Trinajstić information content (AvgIpc) is 3.64. The minimum Gasteiger partial charge on any atom is -0.872 e. The van der Waals surface area contributed by atoms with Crippen LogP contribution in [-0.4, -0.2) is 32.8 Å². The molecule has 9 rings (SSSR count). The van der Waals surface area contributed by atoms with Gasteiger partial charge in [0.25, 0.3) is 0 Å². The predicted octanol–water partition coefficient (Wildman–Crippen LogP) is 18.6. The quantitative estimate of drug-likeness (QED) is 0.0893. The van der Waals surface area contributed by atoms with Crippen LogP contribution in [0.25, 0.3) is 21.5 Å². The number of aryl methyl sites for hydroxylation is 4. The van der Waals surface area contributed by atoms with E-state index in [2.05, 4.69) is 156 Å². The zero-order valence-corrected chi connectivity index (χ0v) is 52.6. The summed E-state index contributed by atoms with van der Waals surface area (Å²) in [5.41, 5.74) is 21.3. The predicted molar refractivity (Wildman–Crippen MR) is 337 cm³/mol. The van der Waals surface area contributed by atoms with Crippen molar-refractivity contribution in [2.45, 2.75) is 134 Å². The van der Waals surface area contributed by atoms with Crippen LogP contribution in [-0.2, 0) is 33.6 Å². The number of fused-ring (bicyclic) bond motifs is 3. The number of pyridine rings is 2. The van der Waals surface area contributed by atoms with Gasteiger partial charge in [0, 0.05) is 33.6 Å². The maximum atomic E-state index is 11.8. The van der Waals surface area contributed by atoms with Crippen LogP contribution in [0.2, 0.25) is 0 Å². The number of aromatic nitrogens is 2. The molecule has 2 aromatic heterocycles. The standard InChI is InChI=1S/2C29H35N3.C14H10O2.2Co/c2*1-18(2)24-16-20(5)12-14-28(24)30-22(7)26-10-9-11-27(32-26)23(8)31-29-15-13-21(6)17-25(29)19(3)4;15-13-11-7-3-1-5-9(11)10-6-2-4-8-12(10)14(13)16;;/h2*9-19H,1-8H3;1-8,15-16H;;/p-2. The fourth-order valence-electron chi connectivity index (χ4n) is 9.66. The van der Waals surface area contributed by atoms with Gasteiger partial charge >= 0.3 is 0 Å². The third-order valence-electron chi connectivity index (χ3n) is 14.2. The molecule has 0 amide bonds. The molecule has 428 valence electrons. The van der Waals surface area contributed by atoms with Crippen molar-refractivity contribution in [1.29, 1.82) is 0 Å². The minimum absolute atomic E-state index is 0. The maximum absolute atomic E-state index is 11.8.